The summed E-state index contributed by atoms with van der Waals surface area (Å²) in [6, 6.07) is 9.78. The highest BCUT2D eigenvalue weighted by Gasteiger charge is 2.08. The van der Waals surface area contributed by atoms with E-state index in [9.17, 15) is 5.11 Å². The third kappa shape index (κ3) is 3.72. The largest absolute Gasteiger partial charge is 0.389 e. The van der Waals surface area contributed by atoms with Gasteiger partial charge in [0.2, 0.25) is 0 Å². The SMILES string of the molecule is Cc1cc(C)nc(Sc2ccc(C(C)O)c(Cl)c2)c1. The van der Waals surface area contributed by atoms with E-state index >= 15 is 0 Å². The molecule has 0 saturated heterocycles. The lowest BCUT2D eigenvalue weighted by molar-refractivity contribution is 0.199. The average Bonchev–Trinajstić information content (AvgIpc) is 2.26. The number of nitrogens with zero attached hydrogens (tertiary/aromatic N) is 1. The quantitative estimate of drug-likeness (QED) is 0.901. The summed E-state index contributed by atoms with van der Waals surface area (Å²) in [6.07, 6.45) is -0.550. The molecule has 2 nitrogen and oxygen atoms in total. The Morgan fingerprint density at radius 1 is 1.21 bits per heavy atom. The van der Waals surface area contributed by atoms with Crippen LogP contribution in [0.5, 0.6) is 0 Å². The Bertz CT molecular complexity index is 578. The summed E-state index contributed by atoms with van der Waals surface area (Å²) < 4.78 is 0. The zero-order chi connectivity index (χ0) is 14.0. The van der Waals surface area contributed by atoms with Gasteiger partial charge in [0.15, 0.2) is 0 Å². The second kappa shape index (κ2) is 5.95. The Morgan fingerprint density at radius 2 is 1.95 bits per heavy atom. The van der Waals surface area contributed by atoms with Crippen molar-refractivity contribution in [2.75, 3.05) is 0 Å². The molecule has 0 aliphatic carbocycles. The molecule has 0 aliphatic heterocycles. The van der Waals surface area contributed by atoms with Crippen LogP contribution in [0.3, 0.4) is 0 Å². The van der Waals surface area contributed by atoms with E-state index < -0.39 is 6.10 Å². The monoisotopic (exact) mass is 293 g/mol. The van der Waals surface area contributed by atoms with Crippen LogP contribution in [0.4, 0.5) is 0 Å². The molecule has 1 heterocycles. The number of aliphatic hydroxyl groups is 1. The zero-order valence-electron chi connectivity index (χ0n) is 11.1. The van der Waals surface area contributed by atoms with E-state index in [0.717, 1.165) is 21.2 Å². The van der Waals surface area contributed by atoms with Gasteiger partial charge in [0.1, 0.15) is 5.03 Å². The van der Waals surface area contributed by atoms with Crippen molar-refractivity contribution in [3.05, 3.63) is 52.2 Å². The minimum absolute atomic E-state index is 0.550. The highest BCUT2D eigenvalue weighted by molar-refractivity contribution is 7.99. The van der Waals surface area contributed by atoms with Crippen LogP contribution in [0.25, 0.3) is 0 Å². The van der Waals surface area contributed by atoms with Crippen molar-refractivity contribution < 1.29 is 5.11 Å². The first-order chi connectivity index (χ1) is 8.95. The number of aliphatic hydroxyl groups excluding tert-OH is 1. The molecular weight excluding hydrogens is 278 g/mol. The normalized spacial score (nSPS) is 12.5. The van der Waals surface area contributed by atoms with Crippen LogP contribution < -0.4 is 0 Å². The van der Waals surface area contributed by atoms with E-state index in [2.05, 4.69) is 11.9 Å². The van der Waals surface area contributed by atoms with E-state index in [-0.39, 0.29) is 0 Å². The fraction of sp³-hybridized carbons (Fsp3) is 0.267. The maximum Gasteiger partial charge on any atom is 0.101 e. The number of pyridine rings is 1. The Kier molecular flexibility index (Phi) is 4.50. The van der Waals surface area contributed by atoms with Crippen LogP contribution in [0.15, 0.2) is 40.3 Å². The molecule has 0 saturated carbocycles. The second-order valence-electron chi connectivity index (χ2n) is 4.59. The second-order valence-corrected chi connectivity index (χ2v) is 6.09. The van der Waals surface area contributed by atoms with Crippen LogP contribution in [0.2, 0.25) is 5.02 Å². The van der Waals surface area contributed by atoms with Gasteiger partial charge >= 0.3 is 0 Å². The van der Waals surface area contributed by atoms with Gasteiger partial charge in [-0.2, -0.15) is 0 Å². The van der Waals surface area contributed by atoms with Crippen molar-refractivity contribution in [3.63, 3.8) is 0 Å². The third-order valence-electron chi connectivity index (χ3n) is 2.72. The van der Waals surface area contributed by atoms with Gasteiger partial charge in [0.25, 0.3) is 0 Å². The minimum atomic E-state index is -0.550. The summed E-state index contributed by atoms with van der Waals surface area (Å²) in [6.45, 7) is 5.75. The van der Waals surface area contributed by atoms with E-state index in [1.807, 2.05) is 37.3 Å². The van der Waals surface area contributed by atoms with E-state index in [0.29, 0.717) is 5.02 Å². The lowest BCUT2D eigenvalue weighted by atomic mass is 10.1. The maximum atomic E-state index is 9.55. The predicted molar refractivity (Wildman–Crippen MR) is 79.9 cm³/mol. The summed E-state index contributed by atoms with van der Waals surface area (Å²) in [4.78, 5) is 5.51. The molecule has 1 atom stereocenters. The van der Waals surface area contributed by atoms with Gasteiger partial charge in [-0.05, 0) is 56.2 Å². The maximum absolute atomic E-state index is 9.55. The van der Waals surface area contributed by atoms with Crippen molar-refractivity contribution in [2.24, 2.45) is 0 Å². The molecule has 0 spiro atoms. The number of aryl methyl sites for hydroxylation is 2. The predicted octanol–water partition coefficient (Wildman–Crippen LogP) is 4.56. The van der Waals surface area contributed by atoms with Crippen LogP contribution in [-0.2, 0) is 0 Å². The lowest BCUT2D eigenvalue weighted by Gasteiger charge is -2.09. The highest BCUT2D eigenvalue weighted by Crippen LogP contribution is 2.32. The summed E-state index contributed by atoms with van der Waals surface area (Å²) in [7, 11) is 0. The van der Waals surface area contributed by atoms with Crippen LogP contribution in [0.1, 0.15) is 29.8 Å². The average molecular weight is 294 g/mol. The molecule has 1 N–H and O–H groups in total. The zero-order valence-corrected chi connectivity index (χ0v) is 12.7. The number of benzene rings is 1. The number of hydrogen-bond acceptors (Lipinski definition) is 3. The fourth-order valence-electron chi connectivity index (χ4n) is 1.89. The summed E-state index contributed by atoms with van der Waals surface area (Å²) in [5, 5.41) is 11.1. The van der Waals surface area contributed by atoms with Gasteiger partial charge in [0.05, 0.1) is 6.10 Å². The molecule has 1 aromatic heterocycles. The van der Waals surface area contributed by atoms with Crippen molar-refractivity contribution in [1.29, 1.82) is 0 Å². The Hall–Kier alpha value is -1.03. The topological polar surface area (TPSA) is 33.1 Å². The van der Waals surface area contributed by atoms with Gasteiger partial charge in [0, 0.05) is 15.6 Å². The Labute approximate surface area is 122 Å². The first-order valence-corrected chi connectivity index (χ1v) is 7.26. The molecule has 1 unspecified atom stereocenters. The van der Waals surface area contributed by atoms with Crippen molar-refractivity contribution in [2.45, 2.75) is 36.8 Å². The van der Waals surface area contributed by atoms with E-state index in [1.165, 1.54) is 5.56 Å². The first-order valence-electron chi connectivity index (χ1n) is 6.06. The molecule has 0 fully saturated rings. The molecule has 2 aromatic rings. The molecule has 0 aliphatic rings. The number of rotatable bonds is 3. The minimum Gasteiger partial charge on any atom is -0.389 e. The third-order valence-corrected chi connectivity index (χ3v) is 3.95. The smallest absolute Gasteiger partial charge is 0.101 e. The lowest BCUT2D eigenvalue weighted by Crippen LogP contribution is -1.92. The van der Waals surface area contributed by atoms with Gasteiger partial charge in [-0.25, -0.2) is 4.98 Å². The standard InChI is InChI=1S/C15H16ClNOS/c1-9-6-10(2)17-15(7-9)19-12-4-5-13(11(3)18)14(16)8-12/h4-8,11,18H,1-3H3. The van der Waals surface area contributed by atoms with E-state index in [4.69, 9.17) is 11.6 Å². The van der Waals surface area contributed by atoms with Gasteiger partial charge < -0.3 is 5.11 Å². The van der Waals surface area contributed by atoms with Crippen LogP contribution >= 0.6 is 23.4 Å². The highest BCUT2D eigenvalue weighted by atomic mass is 35.5. The molecular formula is C15H16ClNOS. The molecule has 0 amide bonds. The molecule has 100 valence electrons. The van der Waals surface area contributed by atoms with Gasteiger partial charge in [-0.15, -0.1) is 0 Å². The van der Waals surface area contributed by atoms with Gasteiger partial charge in [-0.3, -0.25) is 0 Å². The molecule has 19 heavy (non-hydrogen) atoms. The van der Waals surface area contributed by atoms with Gasteiger partial charge in [-0.1, -0.05) is 29.4 Å². The molecule has 2 rings (SSSR count). The van der Waals surface area contributed by atoms with Crippen LogP contribution in [0, 0.1) is 13.8 Å². The first kappa shape index (κ1) is 14.4. The molecule has 0 bridgehead atoms. The number of halogens is 1. The summed E-state index contributed by atoms with van der Waals surface area (Å²) >= 11 is 7.73. The van der Waals surface area contributed by atoms with E-state index in [1.54, 1.807) is 18.7 Å². The number of hydrogen-bond donors (Lipinski definition) is 1. The van der Waals surface area contributed by atoms with Crippen molar-refractivity contribution in [3.8, 4) is 0 Å². The summed E-state index contributed by atoms with van der Waals surface area (Å²) in [5.41, 5.74) is 2.95. The number of aromatic nitrogens is 1. The fourth-order valence-corrected chi connectivity index (χ4v) is 3.28. The Morgan fingerprint density at radius 3 is 2.53 bits per heavy atom. The molecule has 1 aromatic carbocycles. The Balaban J connectivity index is 2.26. The van der Waals surface area contributed by atoms with Crippen LogP contribution in [-0.4, -0.2) is 10.1 Å². The van der Waals surface area contributed by atoms with Crippen molar-refractivity contribution >= 4 is 23.4 Å². The summed E-state index contributed by atoms with van der Waals surface area (Å²) in [5.74, 6) is 0. The van der Waals surface area contributed by atoms with Crippen molar-refractivity contribution in [1.82, 2.24) is 4.98 Å². The molecule has 4 heteroatoms. The molecule has 0 radical (unpaired) electrons.